The number of ether oxygens (including phenoxy) is 1. The largest absolute Gasteiger partial charge is 0.490 e. The van der Waals surface area contributed by atoms with E-state index in [-0.39, 0.29) is 11.5 Å². The van der Waals surface area contributed by atoms with Gasteiger partial charge in [0.05, 0.1) is 6.10 Å². The molecule has 1 saturated heterocycles. The van der Waals surface area contributed by atoms with Gasteiger partial charge in [-0.25, -0.2) is 0 Å². The van der Waals surface area contributed by atoms with Gasteiger partial charge in [-0.2, -0.15) is 0 Å². The lowest BCUT2D eigenvalue weighted by atomic mass is 9.76. The van der Waals surface area contributed by atoms with E-state index in [1.54, 1.807) is 6.08 Å². The van der Waals surface area contributed by atoms with Crippen molar-refractivity contribution in [1.82, 2.24) is 4.90 Å². The Labute approximate surface area is 133 Å². The zero-order chi connectivity index (χ0) is 15.4. The summed E-state index contributed by atoms with van der Waals surface area (Å²) in [6, 6.07) is 8.33. The van der Waals surface area contributed by atoms with Gasteiger partial charge in [0.15, 0.2) is 0 Å². The lowest BCUT2D eigenvalue weighted by Crippen LogP contribution is -2.46. The van der Waals surface area contributed by atoms with Crippen molar-refractivity contribution in [3.63, 3.8) is 0 Å². The van der Waals surface area contributed by atoms with Crippen molar-refractivity contribution >= 4 is 0 Å². The number of aliphatic hydroxyl groups excluding tert-OH is 1. The van der Waals surface area contributed by atoms with Crippen LogP contribution in [0.25, 0.3) is 0 Å². The first-order valence-electron chi connectivity index (χ1n) is 8.45. The number of hydrogen-bond donors (Lipinski definition) is 1. The van der Waals surface area contributed by atoms with Crippen molar-refractivity contribution < 1.29 is 9.84 Å². The molecule has 1 spiro atoms. The molecule has 1 aromatic rings. The van der Waals surface area contributed by atoms with E-state index in [2.05, 4.69) is 29.7 Å². The summed E-state index contributed by atoms with van der Waals surface area (Å²) >= 11 is 0. The molecule has 0 bridgehead atoms. The third-order valence-electron chi connectivity index (χ3n) is 5.22. The Hall–Kier alpha value is -1.32. The lowest BCUT2D eigenvalue weighted by molar-refractivity contribution is -0.0120. The zero-order valence-corrected chi connectivity index (χ0v) is 13.3. The van der Waals surface area contributed by atoms with Crippen LogP contribution in [0.1, 0.15) is 37.7 Å². The standard InChI is InChI=1S/C19H27NO2/c1-2-12-22-17-7-3-6-16(13-17)14-20-11-5-10-19(15-20)9-4-8-18(19)21/h2-3,6-7,13,18,21H,1,4-5,8-12,14-15H2/t18-,19+/m1/s1. The minimum atomic E-state index is -0.0995. The van der Waals surface area contributed by atoms with Crippen LogP contribution in [0.5, 0.6) is 5.75 Å². The van der Waals surface area contributed by atoms with Gasteiger partial charge in [-0.1, -0.05) is 31.2 Å². The van der Waals surface area contributed by atoms with Crippen molar-refractivity contribution in [1.29, 1.82) is 0 Å². The monoisotopic (exact) mass is 301 g/mol. The Morgan fingerprint density at radius 3 is 3.00 bits per heavy atom. The summed E-state index contributed by atoms with van der Waals surface area (Å²) in [4.78, 5) is 2.50. The normalized spacial score (nSPS) is 28.9. The Bertz CT molecular complexity index is 516. The molecule has 2 atom stereocenters. The topological polar surface area (TPSA) is 32.7 Å². The average Bonchev–Trinajstić information content (AvgIpc) is 2.86. The van der Waals surface area contributed by atoms with E-state index in [0.717, 1.165) is 31.8 Å². The van der Waals surface area contributed by atoms with Gasteiger partial charge >= 0.3 is 0 Å². The van der Waals surface area contributed by atoms with Crippen LogP contribution in [-0.2, 0) is 6.54 Å². The third-order valence-corrected chi connectivity index (χ3v) is 5.22. The molecular weight excluding hydrogens is 274 g/mol. The SMILES string of the molecule is C=CCOc1cccc(CN2CCC[C@@]3(CCC[C@H]3O)C2)c1. The molecule has 3 heteroatoms. The molecule has 120 valence electrons. The molecule has 0 radical (unpaired) electrons. The van der Waals surface area contributed by atoms with Crippen molar-refractivity contribution in [3.8, 4) is 5.75 Å². The highest BCUT2D eigenvalue weighted by Gasteiger charge is 2.44. The first-order chi connectivity index (χ1) is 10.7. The Morgan fingerprint density at radius 2 is 2.23 bits per heavy atom. The molecule has 0 aromatic heterocycles. The number of likely N-dealkylation sites (tertiary alicyclic amines) is 1. The molecule has 1 aromatic carbocycles. The molecule has 3 rings (SSSR count). The highest BCUT2D eigenvalue weighted by molar-refractivity contribution is 5.28. The molecule has 1 heterocycles. The minimum Gasteiger partial charge on any atom is -0.490 e. The van der Waals surface area contributed by atoms with Gasteiger partial charge in [0.2, 0.25) is 0 Å². The second-order valence-corrected chi connectivity index (χ2v) is 6.83. The molecule has 0 unspecified atom stereocenters. The van der Waals surface area contributed by atoms with Crippen LogP contribution in [0.3, 0.4) is 0 Å². The molecule has 1 aliphatic carbocycles. The van der Waals surface area contributed by atoms with Crippen molar-refractivity contribution in [3.05, 3.63) is 42.5 Å². The fourth-order valence-corrected chi connectivity index (χ4v) is 4.14. The van der Waals surface area contributed by atoms with Crippen molar-refractivity contribution in [2.45, 2.75) is 44.8 Å². The van der Waals surface area contributed by atoms with Crippen LogP contribution < -0.4 is 4.74 Å². The Kier molecular flexibility index (Phi) is 4.84. The summed E-state index contributed by atoms with van der Waals surface area (Å²) in [6.07, 6.45) is 7.41. The maximum Gasteiger partial charge on any atom is 0.120 e. The first-order valence-corrected chi connectivity index (χ1v) is 8.45. The van der Waals surface area contributed by atoms with Crippen LogP contribution >= 0.6 is 0 Å². The molecule has 2 aliphatic rings. The van der Waals surface area contributed by atoms with E-state index in [1.807, 2.05) is 6.07 Å². The van der Waals surface area contributed by atoms with E-state index >= 15 is 0 Å². The number of aliphatic hydroxyl groups is 1. The number of rotatable bonds is 5. The molecule has 0 amide bonds. The average molecular weight is 301 g/mol. The molecule has 3 nitrogen and oxygen atoms in total. The van der Waals surface area contributed by atoms with E-state index in [4.69, 9.17) is 4.74 Å². The summed E-state index contributed by atoms with van der Waals surface area (Å²) in [7, 11) is 0. The van der Waals surface area contributed by atoms with Gasteiger partial charge < -0.3 is 9.84 Å². The minimum absolute atomic E-state index is 0.0995. The van der Waals surface area contributed by atoms with Gasteiger partial charge in [-0.3, -0.25) is 4.90 Å². The third kappa shape index (κ3) is 3.36. The maximum absolute atomic E-state index is 10.4. The second-order valence-electron chi connectivity index (χ2n) is 6.83. The van der Waals surface area contributed by atoms with Crippen LogP contribution in [0, 0.1) is 5.41 Å². The van der Waals surface area contributed by atoms with Gasteiger partial charge in [0, 0.05) is 18.5 Å². The van der Waals surface area contributed by atoms with Crippen LogP contribution in [0.15, 0.2) is 36.9 Å². The summed E-state index contributed by atoms with van der Waals surface area (Å²) in [6.45, 7) is 7.34. The lowest BCUT2D eigenvalue weighted by Gasteiger charge is -2.42. The van der Waals surface area contributed by atoms with Gasteiger partial charge in [0.25, 0.3) is 0 Å². The molecule has 1 saturated carbocycles. The predicted octanol–water partition coefficient (Wildman–Crippen LogP) is 3.38. The molecule has 22 heavy (non-hydrogen) atoms. The van der Waals surface area contributed by atoms with Crippen LogP contribution in [0.4, 0.5) is 0 Å². The highest BCUT2D eigenvalue weighted by Crippen LogP contribution is 2.45. The number of nitrogens with zero attached hydrogens (tertiary/aromatic N) is 1. The number of benzene rings is 1. The van der Waals surface area contributed by atoms with Crippen molar-refractivity contribution in [2.24, 2.45) is 5.41 Å². The fraction of sp³-hybridized carbons (Fsp3) is 0.579. The van der Waals surface area contributed by atoms with Crippen LogP contribution in [0.2, 0.25) is 0 Å². The first kappa shape index (κ1) is 15.6. The van der Waals surface area contributed by atoms with Gasteiger partial charge in [-0.15, -0.1) is 0 Å². The van der Waals surface area contributed by atoms with E-state index in [1.165, 1.54) is 31.2 Å². The quantitative estimate of drug-likeness (QED) is 0.846. The summed E-state index contributed by atoms with van der Waals surface area (Å²) in [5.41, 5.74) is 1.45. The van der Waals surface area contributed by atoms with Gasteiger partial charge in [0.1, 0.15) is 12.4 Å². The smallest absolute Gasteiger partial charge is 0.120 e. The maximum atomic E-state index is 10.4. The number of piperidine rings is 1. The van der Waals surface area contributed by atoms with E-state index in [9.17, 15) is 5.11 Å². The van der Waals surface area contributed by atoms with Crippen LogP contribution in [-0.4, -0.2) is 35.8 Å². The molecule has 1 aliphatic heterocycles. The molecule has 2 fully saturated rings. The van der Waals surface area contributed by atoms with E-state index in [0.29, 0.717) is 6.61 Å². The highest BCUT2D eigenvalue weighted by atomic mass is 16.5. The second kappa shape index (κ2) is 6.84. The zero-order valence-electron chi connectivity index (χ0n) is 13.3. The number of hydrogen-bond acceptors (Lipinski definition) is 3. The predicted molar refractivity (Wildman–Crippen MR) is 88.9 cm³/mol. The summed E-state index contributed by atoms with van der Waals surface area (Å²) < 4.78 is 5.62. The van der Waals surface area contributed by atoms with Crippen molar-refractivity contribution in [2.75, 3.05) is 19.7 Å². The molecule has 1 N–H and O–H groups in total. The van der Waals surface area contributed by atoms with Gasteiger partial charge in [-0.05, 0) is 49.9 Å². The Balaban J connectivity index is 1.64. The van der Waals surface area contributed by atoms with E-state index < -0.39 is 0 Å². The Morgan fingerprint density at radius 1 is 1.36 bits per heavy atom. The molecular formula is C19H27NO2. The fourth-order valence-electron chi connectivity index (χ4n) is 4.14. The summed E-state index contributed by atoms with van der Waals surface area (Å²) in [5.74, 6) is 0.907. The summed E-state index contributed by atoms with van der Waals surface area (Å²) in [5, 5.41) is 10.4.